The zero-order valence-corrected chi connectivity index (χ0v) is 13.1. The number of nitrogen functional groups attached to an aromatic ring is 1. The minimum atomic E-state index is 0.269. The second-order valence-electron chi connectivity index (χ2n) is 5.35. The van der Waals surface area contributed by atoms with E-state index in [4.69, 9.17) is 5.73 Å². The molecule has 106 valence electrons. The van der Waals surface area contributed by atoms with E-state index in [1.54, 1.807) is 10.9 Å². The second-order valence-corrected chi connectivity index (χ2v) is 6.20. The van der Waals surface area contributed by atoms with Crippen molar-refractivity contribution in [3.8, 4) is 16.9 Å². The summed E-state index contributed by atoms with van der Waals surface area (Å²) in [5, 5.41) is 14.7. The van der Waals surface area contributed by atoms with Crippen LogP contribution in [0.2, 0.25) is 0 Å². The monoisotopic (exact) mass is 335 g/mol. The predicted octanol–water partition coefficient (Wildman–Crippen LogP) is 3.41. The Bertz CT molecular complexity index is 664. The summed E-state index contributed by atoms with van der Waals surface area (Å²) in [7, 11) is 1.81. The molecule has 0 aliphatic heterocycles. The van der Waals surface area contributed by atoms with E-state index in [9.17, 15) is 5.11 Å². The Labute approximate surface area is 126 Å². The minimum Gasteiger partial charge on any atom is -0.506 e. The molecule has 0 bridgehead atoms. The first-order valence-electron chi connectivity index (χ1n) is 6.90. The SMILES string of the molecule is Cn1ncc(-c2c(O)c(Br)cc3c2CCCCC3)c1N. The van der Waals surface area contributed by atoms with Crippen molar-refractivity contribution in [2.45, 2.75) is 32.1 Å². The highest BCUT2D eigenvalue weighted by atomic mass is 79.9. The van der Waals surface area contributed by atoms with Crippen LogP contribution in [-0.2, 0) is 19.9 Å². The molecule has 4 nitrogen and oxygen atoms in total. The van der Waals surface area contributed by atoms with Crippen LogP contribution in [0.25, 0.3) is 11.1 Å². The molecule has 0 fully saturated rings. The number of hydrogen-bond donors (Lipinski definition) is 2. The third-order valence-corrected chi connectivity index (χ3v) is 4.68. The molecule has 5 heteroatoms. The number of aromatic nitrogens is 2. The Kier molecular flexibility index (Phi) is 3.46. The number of nitrogens with zero attached hydrogens (tertiary/aromatic N) is 2. The van der Waals surface area contributed by atoms with Gasteiger partial charge in [0.2, 0.25) is 0 Å². The van der Waals surface area contributed by atoms with Gasteiger partial charge in [-0.05, 0) is 58.8 Å². The number of anilines is 1. The summed E-state index contributed by atoms with van der Waals surface area (Å²) in [6, 6.07) is 2.05. The number of aryl methyl sites for hydroxylation is 2. The smallest absolute Gasteiger partial charge is 0.138 e. The summed E-state index contributed by atoms with van der Waals surface area (Å²) in [6.07, 6.45) is 7.37. The third kappa shape index (κ3) is 2.10. The van der Waals surface area contributed by atoms with Gasteiger partial charge in [-0.3, -0.25) is 4.68 Å². The van der Waals surface area contributed by atoms with Crippen LogP contribution in [0.4, 0.5) is 5.82 Å². The Morgan fingerprint density at radius 1 is 1.30 bits per heavy atom. The van der Waals surface area contributed by atoms with Gasteiger partial charge < -0.3 is 10.8 Å². The van der Waals surface area contributed by atoms with Crippen molar-refractivity contribution in [1.82, 2.24) is 9.78 Å². The molecular formula is C15H18BrN3O. The summed E-state index contributed by atoms with van der Waals surface area (Å²) >= 11 is 3.46. The Morgan fingerprint density at radius 2 is 2.05 bits per heavy atom. The van der Waals surface area contributed by atoms with Crippen molar-refractivity contribution >= 4 is 21.7 Å². The van der Waals surface area contributed by atoms with Gasteiger partial charge in [-0.15, -0.1) is 0 Å². The third-order valence-electron chi connectivity index (χ3n) is 4.08. The van der Waals surface area contributed by atoms with Crippen molar-refractivity contribution in [2.75, 3.05) is 5.73 Å². The number of aromatic hydroxyl groups is 1. The lowest BCUT2D eigenvalue weighted by Gasteiger charge is -2.15. The summed E-state index contributed by atoms with van der Waals surface area (Å²) in [5.41, 5.74) is 10.3. The highest BCUT2D eigenvalue weighted by Gasteiger charge is 2.22. The normalized spacial score (nSPS) is 14.9. The lowest BCUT2D eigenvalue weighted by molar-refractivity contribution is 0.473. The largest absolute Gasteiger partial charge is 0.506 e. The maximum Gasteiger partial charge on any atom is 0.138 e. The topological polar surface area (TPSA) is 64.1 Å². The Hall–Kier alpha value is -1.49. The van der Waals surface area contributed by atoms with Crippen LogP contribution in [0.3, 0.4) is 0 Å². The Morgan fingerprint density at radius 3 is 2.75 bits per heavy atom. The molecule has 3 N–H and O–H groups in total. The average molecular weight is 336 g/mol. The lowest BCUT2D eigenvalue weighted by atomic mass is 9.92. The van der Waals surface area contributed by atoms with Crippen LogP contribution >= 0.6 is 15.9 Å². The van der Waals surface area contributed by atoms with Crippen molar-refractivity contribution in [3.05, 3.63) is 27.9 Å². The van der Waals surface area contributed by atoms with Gasteiger partial charge in [0, 0.05) is 18.2 Å². The molecule has 1 aliphatic carbocycles. The van der Waals surface area contributed by atoms with Crippen LogP contribution in [-0.4, -0.2) is 14.9 Å². The van der Waals surface area contributed by atoms with Crippen molar-refractivity contribution < 1.29 is 5.11 Å². The average Bonchev–Trinajstić information content (AvgIpc) is 2.65. The predicted molar refractivity (Wildman–Crippen MR) is 83.7 cm³/mol. The summed E-state index contributed by atoms with van der Waals surface area (Å²) in [4.78, 5) is 0. The number of rotatable bonds is 1. The van der Waals surface area contributed by atoms with E-state index in [-0.39, 0.29) is 5.75 Å². The van der Waals surface area contributed by atoms with Gasteiger partial charge in [0.25, 0.3) is 0 Å². The second kappa shape index (κ2) is 5.13. The molecule has 0 radical (unpaired) electrons. The van der Waals surface area contributed by atoms with Crippen molar-refractivity contribution in [2.24, 2.45) is 7.05 Å². The van der Waals surface area contributed by atoms with Crippen LogP contribution in [0.15, 0.2) is 16.7 Å². The minimum absolute atomic E-state index is 0.269. The molecule has 20 heavy (non-hydrogen) atoms. The quantitative estimate of drug-likeness (QED) is 0.785. The van der Waals surface area contributed by atoms with E-state index in [0.29, 0.717) is 5.82 Å². The number of fused-ring (bicyclic) bond motifs is 1. The maximum absolute atomic E-state index is 10.5. The standard InChI is InChI=1S/C15H18BrN3O/c1-19-15(17)11(8-18-19)13-10-6-4-2-3-5-9(10)7-12(16)14(13)20/h7-8,20H,2-6,17H2,1H3. The van der Waals surface area contributed by atoms with Gasteiger partial charge in [0.15, 0.2) is 0 Å². The molecule has 3 rings (SSSR count). The molecule has 1 aromatic heterocycles. The van der Waals surface area contributed by atoms with Crippen LogP contribution < -0.4 is 5.73 Å². The molecule has 1 heterocycles. The van der Waals surface area contributed by atoms with E-state index in [0.717, 1.165) is 34.9 Å². The summed E-state index contributed by atoms with van der Waals surface area (Å²) < 4.78 is 2.37. The van der Waals surface area contributed by atoms with E-state index in [2.05, 4.69) is 21.0 Å². The zero-order valence-electron chi connectivity index (χ0n) is 11.5. The first-order valence-corrected chi connectivity index (χ1v) is 7.70. The fourth-order valence-corrected chi connectivity index (χ4v) is 3.44. The van der Waals surface area contributed by atoms with Gasteiger partial charge in [0.05, 0.1) is 10.7 Å². The molecule has 0 saturated heterocycles. The van der Waals surface area contributed by atoms with E-state index in [1.807, 2.05) is 13.1 Å². The molecule has 2 aromatic rings. The van der Waals surface area contributed by atoms with Crippen molar-refractivity contribution in [3.63, 3.8) is 0 Å². The number of halogens is 1. The molecule has 1 aromatic carbocycles. The summed E-state index contributed by atoms with van der Waals surface area (Å²) in [5.74, 6) is 0.857. The molecule has 0 amide bonds. The number of benzene rings is 1. The van der Waals surface area contributed by atoms with Crippen molar-refractivity contribution in [1.29, 1.82) is 0 Å². The van der Waals surface area contributed by atoms with Crippen LogP contribution in [0.5, 0.6) is 5.75 Å². The number of hydrogen-bond acceptors (Lipinski definition) is 3. The van der Waals surface area contributed by atoms with E-state index < -0.39 is 0 Å². The molecule has 0 atom stereocenters. The molecule has 0 unspecified atom stereocenters. The maximum atomic E-state index is 10.5. The number of phenolic OH excluding ortho intramolecular Hbond substituents is 1. The van der Waals surface area contributed by atoms with Crippen LogP contribution in [0.1, 0.15) is 30.4 Å². The highest BCUT2D eigenvalue weighted by molar-refractivity contribution is 9.10. The molecule has 1 aliphatic rings. The fourth-order valence-electron chi connectivity index (χ4n) is 2.96. The van der Waals surface area contributed by atoms with Gasteiger partial charge in [-0.25, -0.2) is 0 Å². The first-order chi connectivity index (χ1) is 9.59. The highest BCUT2D eigenvalue weighted by Crippen LogP contribution is 2.43. The molecular weight excluding hydrogens is 318 g/mol. The Balaban J connectivity index is 2.28. The van der Waals surface area contributed by atoms with Gasteiger partial charge >= 0.3 is 0 Å². The number of nitrogens with two attached hydrogens (primary N) is 1. The fraction of sp³-hybridized carbons (Fsp3) is 0.400. The zero-order chi connectivity index (χ0) is 14.3. The van der Waals surface area contributed by atoms with Gasteiger partial charge in [-0.2, -0.15) is 5.10 Å². The van der Waals surface area contributed by atoms with Gasteiger partial charge in [-0.1, -0.05) is 6.42 Å². The van der Waals surface area contributed by atoms with Crippen LogP contribution in [0, 0.1) is 0 Å². The summed E-state index contributed by atoms with van der Waals surface area (Å²) in [6.45, 7) is 0. The van der Waals surface area contributed by atoms with E-state index >= 15 is 0 Å². The van der Waals surface area contributed by atoms with E-state index in [1.165, 1.54) is 24.0 Å². The first kappa shape index (κ1) is 13.5. The number of phenols is 1. The molecule has 0 saturated carbocycles. The molecule has 0 spiro atoms. The lowest BCUT2D eigenvalue weighted by Crippen LogP contribution is -2.01. The van der Waals surface area contributed by atoms with Gasteiger partial charge in [0.1, 0.15) is 11.6 Å².